The monoisotopic (exact) mass is 652 g/mol. The lowest BCUT2D eigenvalue weighted by Crippen LogP contribution is -2.53. The zero-order chi connectivity index (χ0) is 33.3. The van der Waals surface area contributed by atoms with Gasteiger partial charge in [0.2, 0.25) is 0 Å². The van der Waals surface area contributed by atoms with Crippen LogP contribution in [0.2, 0.25) is 0 Å². The molecule has 0 saturated carbocycles. The smallest absolute Gasteiger partial charge is 0.251 e. The van der Waals surface area contributed by atoms with Crippen molar-refractivity contribution in [3.8, 4) is 5.75 Å². The molecule has 5 atom stereocenters. The van der Waals surface area contributed by atoms with Gasteiger partial charge in [-0.3, -0.25) is 9.59 Å². The summed E-state index contributed by atoms with van der Waals surface area (Å²) >= 11 is 4.44. The predicted octanol–water partition coefficient (Wildman–Crippen LogP) is 5.53. The van der Waals surface area contributed by atoms with Crippen molar-refractivity contribution < 1.29 is 19.4 Å². The van der Waals surface area contributed by atoms with Crippen LogP contribution in [0.3, 0.4) is 0 Å². The molecule has 4 N–H and O–H groups in total. The summed E-state index contributed by atoms with van der Waals surface area (Å²) in [5.74, 6) is 0.144. The molecule has 1 saturated heterocycles. The minimum atomic E-state index is -0.848. The van der Waals surface area contributed by atoms with Crippen molar-refractivity contribution in [3.63, 3.8) is 0 Å². The largest absolute Gasteiger partial charge is 0.497 e. The summed E-state index contributed by atoms with van der Waals surface area (Å²) < 4.78 is 6.95. The fourth-order valence-electron chi connectivity index (χ4n) is 6.19. The van der Waals surface area contributed by atoms with Crippen molar-refractivity contribution in [2.45, 2.75) is 62.9 Å². The van der Waals surface area contributed by atoms with Gasteiger partial charge in [0.15, 0.2) is 0 Å². The SMILES string of the molecule is COc1cccc(CC2CCC([C@@H](O)[C@H](Cc3ccccc3)NC(=O)c3cc(C(=O)N[C@H](C)c4ccccc4)cc(N(C)S)c3)N2)c1. The summed E-state index contributed by atoms with van der Waals surface area (Å²) in [5.41, 5.74) is 4.39. The molecule has 0 aliphatic carbocycles. The zero-order valence-electron chi connectivity index (χ0n) is 27.1. The molecule has 9 heteroatoms. The molecule has 2 amide bonds. The number of carbonyl (C=O) groups is 2. The fourth-order valence-corrected chi connectivity index (χ4v) is 6.30. The van der Waals surface area contributed by atoms with Gasteiger partial charge in [0.05, 0.1) is 25.3 Å². The number of benzene rings is 4. The highest BCUT2D eigenvalue weighted by Crippen LogP contribution is 2.25. The van der Waals surface area contributed by atoms with Crippen LogP contribution in [-0.2, 0) is 12.8 Å². The van der Waals surface area contributed by atoms with Gasteiger partial charge in [0.1, 0.15) is 5.75 Å². The second kappa shape index (κ2) is 16.0. The number of nitrogens with zero attached hydrogens (tertiary/aromatic N) is 1. The lowest BCUT2D eigenvalue weighted by Gasteiger charge is -2.29. The molecule has 1 aliphatic rings. The van der Waals surface area contributed by atoms with Gasteiger partial charge in [-0.25, -0.2) is 0 Å². The minimum Gasteiger partial charge on any atom is -0.497 e. The second-order valence-electron chi connectivity index (χ2n) is 12.3. The average molecular weight is 653 g/mol. The number of hydrogen-bond donors (Lipinski definition) is 5. The third kappa shape index (κ3) is 9.16. The summed E-state index contributed by atoms with van der Waals surface area (Å²) in [5, 5.41) is 21.5. The number of hydrogen-bond acceptors (Lipinski definition) is 7. The number of rotatable bonds is 13. The van der Waals surface area contributed by atoms with E-state index >= 15 is 0 Å². The van der Waals surface area contributed by atoms with Crippen molar-refractivity contribution in [3.05, 3.63) is 131 Å². The lowest BCUT2D eigenvalue weighted by atomic mass is 9.95. The Morgan fingerprint density at radius 3 is 2.19 bits per heavy atom. The molecule has 0 radical (unpaired) electrons. The Labute approximate surface area is 283 Å². The molecule has 47 heavy (non-hydrogen) atoms. The summed E-state index contributed by atoms with van der Waals surface area (Å²) in [7, 11) is 3.40. The molecular weight excluding hydrogens is 609 g/mol. The molecule has 8 nitrogen and oxygen atoms in total. The number of ether oxygens (including phenoxy) is 1. The molecule has 0 spiro atoms. The molecule has 246 valence electrons. The van der Waals surface area contributed by atoms with Gasteiger partial charge in [0, 0.05) is 35.9 Å². The van der Waals surface area contributed by atoms with Crippen LogP contribution in [0.4, 0.5) is 5.69 Å². The van der Waals surface area contributed by atoms with Crippen LogP contribution in [0.15, 0.2) is 103 Å². The van der Waals surface area contributed by atoms with Gasteiger partial charge in [-0.15, -0.1) is 0 Å². The van der Waals surface area contributed by atoms with E-state index in [0.29, 0.717) is 23.2 Å². The normalized spacial score (nSPS) is 17.7. The van der Waals surface area contributed by atoms with E-state index < -0.39 is 12.1 Å². The topological polar surface area (TPSA) is 103 Å². The molecule has 1 fully saturated rings. The van der Waals surface area contributed by atoms with Crippen molar-refractivity contribution >= 4 is 30.3 Å². The first-order chi connectivity index (χ1) is 22.7. The molecule has 0 bridgehead atoms. The summed E-state index contributed by atoms with van der Waals surface area (Å²) in [6, 6.07) is 31.8. The van der Waals surface area contributed by atoms with Crippen LogP contribution in [0, 0.1) is 0 Å². The second-order valence-corrected chi connectivity index (χ2v) is 12.9. The van der Waals surface area contributed by atoms with Crippen LogP contribution in [0.5, 0.6) is 5.75 Å². The van der Waals surface area contributed by atoms with E-state index in [1.54, 1.807) is 36.7 Å². The first-order valence-electron chi connectivity index (χ1n) is 16.1. The highest BCUT2D eigenvalue weighted by molar-refractivity contribution is 7.81. The van der Waals surface area contributed by atoms with Crippen molar-refractivity contribution in [2.75, 3.05) is 18.5 Å². The van der Waals surface area contributed by atoms with E-state index in [1.165, 1.54) is 0 Å². The van der Waals surface area contributed by atoms with E-state index in [1.807, 2.05) is 85.8 Å². The summed E-state index contributed by atoms with van der Waals surface area (Å²) in [4.78, 5) is 27.3. The third-order valence-electron chi connectivity index (χ3n) is 8.79. The van der Waals surface area contributed by atoms with E-state index in [-0.39, 0.29) is 29.9 Å². The number of aliphatic hydroxyl groups excluding tert-OH is 1. The van der Waals surface area contributed by atoms with Gasteiger partial charge >= 0.3 is 0 Å². The molecule has 1 heterocycles. The number of nitrogens with one attached hydrogen (secondary N) is 3. The maximum absolute atomic E-state index is 13.9. The summed E-state index contributed by atoms with van der Waals surface area (Å²) in [6.07, 6.45) is 2.09. The van der Waals surface area contributed by atoms with Crippen molar-refractivity contribution in [1.29, 1.82) is 0 Å². The number of thiol groups is 1. The van der Waals surface area contributed by atoms with Crippen molar-refractivity contribution in [2.24, 2.45) is 0 Å². The Morgan fingerprint density at radius 1 is 0.894 bits per heavy atom. The van der Waals surface area contributed by atoms with E-state index in [4.69, 9.17) is 4.74 Å². The first kappa shape index (κ1) is 34.0. The Kier molecular flexibility index (Phi) is 11.6. The Hall–Kier alpha value is -4.31. The van der Waals surface area contributed by atoms with Crippen molar-refractivity contribution in [1.82, 2.24) is 16.0 Å². The number of anilines is 1. The number of aliphatic hydroxyl groups is 1. The van der Waals surface area contributed by atoms with Crippen LogP contribution in [0.1, 0.15) is 63.2 Å². The lowest BCUT2D eigenvalue weighted by molar-refractivity contribution is 0.0731. The molecule has 4 aromatic carbocycles. The maximum Gasteiger partial charge on any atom is 0.251 e. The standard InChI is InChI=1S/C38H44N4O4S/c1-25(28-14-8-5-9-15-28)39-37(44)29-22-30(24-32(23-29)42(2)47)38(45)41-35(21-26-11-6-4-7-12-26)36(43)34-18-17-31(40-34)19-27-13-10-16-33(20-27)46-3/h4-16,20,22-25,31,34-36,40,43,47H,17-19,21H2,1-3H3,(H,39,44)(H,41,45)/t25-,31?,34?,35+,36-/m1/s1. The molecule has 5 rings (SSSR count). The molecule has 4 aromatic rings. The average Bonchev–Trinajstić information content (AvgIpc) is 3.56. The number of methoxy groups -OCH3 is 1. The van der Waals surface area contributed by atoms with Gasteiger partial charge in [-0.05, 0) is 79.6 Å². The number of carbonyl (C=O) groups excluding carboxylic acids is 2. The summed E-state index contributed by atoms with van der Waals surface area (Å²) in [6.45, 7) is 1.92. The van der Waals surface area contributed by atoms with Gasteiger partial charge < -0.3 is 30.1 Å². The zero-order valence-corrected chi connectivity index (χ0v) is 28.0. The minimum absolute atomic E-state index is 0.191. The van der Waals surface area contributed by atoms with Gasteiger partial charge in [0.25, 0.3) is 11.8 Å². The molecular formula is C38H44N4O4S. The van der Waals surface area contributed by atoms with Crippen LogP contribution in [0.25, 0.3) is 0 Å². The quantitative estimate of drug-likeness (QED) is 0.122. The molecule has 2 unspecified atom stereocenters. The fraction of sp³-hybridized carbons (Fsp3) is 0.316. The Morgan fingerprint density at radius 2 is 1.53 bits per heavy atom. The van der Waals surface area contributed by atoms with E-state index in [9.17, 15) is 14.7 Å². The van der Waals surface area contributed by atoms with Crippen LogP contribution < -0.4 is 25.0 Å². The Bertz CT molecular complexity index is 1640. The highest BCUT2D eigenvalue weighted by atomic mass is 32.1. The maximum atomic E-state index is 13.9. The van der Waals surface area contributed by atoms with Crippen LogP contribution in [-0.4, -0.2) is 55.3 Å². The molecule has 1 aliphatic heterocycles. The third-order valence-corrected chi connectivity index (χ3v) is 9.03. The van der Waals surface area contributed by atoms with Gasteiger partial charge in [-0.1, -0.05) is 85.6 Å². The first-order valence-corrected chi connectivity index (χ1v) is 16.5. The van der Waals surface area contributed by atoms with E-state index in [2.05, 4.69) is 34.8 Å². The van der Waals surface area contributed by atoms with Gasteiger partial charge in [-0.2, -0.15) is 0 Å². The Balaban J connectivity index is 1.33. The predicted molar refractivity (Wildman–Crippen MR) is 190 cm³/mol. The van der Waals surface area contributed by atoms with Crippen LogP contribution >= 0.6 is 12.8 Å². The highest BCUT2D eigenvalue weighted by Gasteiger charge is 2.35. The van der Waals surface area contributed by atoms with E-state index in [0.717, 1.165) is 41.7 Å². The number of amides is 2. The molecule has 0 aromatic heterocycles.